The first kappa shape index (κ1) is 14.3. The molecule has 0 N–H and O–H groups in total. The Bertz CT molecular complexity index is 571. The summed E-state index contributed by atoms with van der Waals surface area (Å²) < 4.78 is 1.87. The van der Waals surface area contributed by atoms with Gasteiger partial charge in [0.25, 0.3) is 0 Å². The van der Waals surface area contributed by atoms with Gasteiger partial charge in [0, 0.05) is 16.2 Å². The van der Waals surface area contributed by atoms with Gasteiger partial charge in [-0.2, -0.15) is 0 Å². The molecular formula is C11H6BrCl2NOS2. The van der Waals surface area contributed by atoms with E-state index in [1.54, 1.807) is 12.3 Å². The largest absolute Gasteiger partial charge is 0.293 e. The smallest absolute Gasteiger partial charge is 0.175 e. The summed E-state index contributed by atoms with van der Waals surface area (Å²) in [6, 6.07) is 5.34. The minimum Gasteiger partial charge on any atom is -0.293 e. The van der Waals surface area contributed by atoms with Crippen molar-refractivity contribution in [3.8, 4) is 0 Å². The average Bonchev–Trinajstić information content (AvgIpc) is 2.67. The van der Waals surface area contributed by atoms with Crippen LogP contribution in [0.4, 0.5) is 0 Å². The highest BCUT2D eigenvalue weighted by Gasteiger charge is 2.14. The van der Waals surface area contributed by atoms with E-state index in [4.69, 9.17) is 23.2 Å². The van der Waals surface area contributed by atoms with E-state index in [0.717, 1.165) is 9.50 Å². The highest BCUT2D eigenvalue weighted by atomic mass is 79.9. The summed E-state index contributed by atoms with van der Waals surface area (Å²) in [4.78, 5) is 16.1. The zero-order valence-electron chi connectivity index (χ0n) is 8.82. The number of nitrogens with zero attached hydrogens (tertiary/aromatic N) is 1. The van der Waals surface area contributed by atoms with Gasteiger partial charge in [-0.1, -0.05) is 35.0 Å². The van der Waals surface area contributed by atoms with E-state index in [1.807, 2.05) is 12.1 Å². The number of aromatic nitrogens is 1. The molecule has 0 bridgehead atoms. The summed E-state index contributed by atoms with van der Waals surface area (Å²) in [6.45, 7) is 0. The van der Waals surface area contributed by atoms with Crippen molar-refractivity contribution in [2.75, 3.05) is 5.75 Å². The van der Waals surface area contributed by atoms with Gasteiger partial charge in [0.05, 0.1) is 15.1 Å². The SMILES string of the molecule is O=C(CSc1ccc(Br)cn1)c1cc(Cl)sc1Cl. The van der Waals surface area contributed by atoms with Crippen LogP contribution in [0.3, 0.4) is 0 Å². The molecule has 0 aliphatic carbocycles. The van der Waals surface area contributed by atoms with Gasteiger partial charge in [0.15, 0.2) is 5.78 Å². The molecule has 2 nitrogen and oxygen atoms in total. The van der Waals surface area contributed by atoms with E-state index in [2.05, 4.69) is 20.9 Å². The number of ketones is 1. The number of rotatable bonds is 4. The fraction of sp³-hybridized carbons (Fsp3) is 0.0909. The van der Waals surface area contributed by atoms with Crippen LogP contribution in [-0.2, 0) is 0 Å². The first-order valence-corrected chi connectivity index (χ1v) is 8.14. The lowest BCUT2D eigenvalue weighted by atomic mass is 10.2. The van der Waals surface area contributed by atoms with Crippen molar-refractivity contribution in [3.05, 3.63) is 43.1 Å². The molecule has 0 fully saturated rings. The molecule has 0 radical (unpaired) electrons. The van der Waals surface area contributed by atoms with Crippen LogP contribution in [0.15, 0.2) is 33.9 Å². The normalized spacial score (nSPS) is 10.6. The van der Waals surface area contributed by atoms with Gasteiger partial charge in [0.1, 0.15) is 4.34 Å². The molecule has 0 aliphatic heterocycles. The molecule has 0 atom stereocenters. The van der Waals surface area contributed by atoms with Crippen molar-refractivity contribution in [2.24, 2.45) is 0 Å². The van der Waals surface area contributed by atoms with Gasteiger partial charge in [-0.05, 0) is 34.1 Å². The summed E-state index contributed by atoms with van der Waals surface area (Å²) in [5, 5.41) is 0.795. The maximum atomic E-state index is 11.9. The molecule has 7 heteroatoms. The Morgan fingerprint density at radius 1 is 1.44 bits per heavy atom. The van der Waals surface area contributed by atoms with Gasteiger partial charge in [-0.15, -0.1) is 11.3 Å². The molecule has 2 aromatic rings. The lowest BCUT2D eigenvalue weighted by Crippen LogP contribution is -2.01. The van der Waals surface area contributed by atoms with Crippen molar-refractivity contribution in [1.82, 2.24) is 4.98 Å². The highest BCUT2D eigenvalue weighted by Crippen LogP contribution is 2.32. The third kappa shape index (κ3) is 3.71. The molecule has 0 aromatic carbocycles. The average molecular weight is 383 g/mol. The molecule has 94 valence electrons. The first-order valence-electron chi connectivity index (χ1n) is 4.78. The second kappa shape index (κ2) is 6.39. The minimum absolute atomic E-state index is 0.0436. The van der Waals surface area contributed by atoms with Crippen LogP contribution in [-0.4, -0.2) is 16.5 Å². The predicted octanol–water partition coefficient (Wildman–Crippen LogP) is 5.19. The van der Waals surface area contributed by atoms with Gasteiger partial charge in [-0.25, -0.2) is 4.98 Å². The number of carbonyl (C=O) groups is 1. The van der Waals surface area contributed by atoms with E-state index in [-0.39, 0.29) is 5.78 Å². The Kier molecular flexibility index (Phi) is 5.09. The topological polar surface area (TPSA) is 30.0 Å². The molecule has 0 saturated heterocycles. The maximum absolute atomic E-state index is 11.9. The monoisotopic (exact) mass is 381 g/mol. The van der Waals surface area contributed by atoms with E-state index >= 15 is 0 Å². The molecule has 0 spiro atoms. The number of hydrogen-bond acceptors (Lipinski definition) is 4. The fourth-order valence-corrected chi connectivity index (χ4v) is 3.65. The highest BCUT2D eigenvalue weighted by molar-refractivity contribution is 9.10. The van der Waals surface area contributed by atoms with Crippen molar-refractivity contribution in [1.29, 1.82) is 0 Å². The second-order valence-electron chi connectivity index (χ2n) is 3.26. The van der Waals surface area contributed by atoms with Gasteiger partial charge in [0.2, 0.25) is 0 Å². The minimum atomic E-state index is -0.0436. The third-order valence-corrected chi connectivity index (χ3v) is 4.91. The van der Waals surface area contributed by atoms with Gasteiger partial charge >= 0.3 is 0 Å². The number of pyridine rings is 1. The number of carbonyl (C=O) groups excluding carboxylic acids is 1. The summed E-state index contributed by atoms with van der Waals surface area (Å²) in [6.07, 6.45) is 1.70. The van der Waals surface area contributed by atoms with E-state index in [1.165, 1.54) is 23.1 Å². The van der Waals surface area contributed by atoms with Crippen molar-refractivity contribution >= 4 is 68.0 Å². The number of Topliss-reactive ketones (excluding diaryl/α,β-unsaturated/α-hetero) is 1. The Hall–Kier alpha value is -0.0700. The van der Waals surface area contributed by atoms with E-state index in [0.29, 0.717) is 20.0 Å². The van der Waals surface area contributed by atoms with Gasteiger partial charge < -0.3 is 0 Å². The van der Waals surface area contributed by atoms with Crippen molar-refractivity contribution in [3.63, 3.8) is 0 Å². The summed E-state index contributed by atoms with van der Waals surface area (Å²) in [5.74, 6) is 0.249. The fourth-order valence-electron chi connectivity index (χ4n) is 1.20. The van der Waals surface area contributed by atoms with Gasteiger partial charge in [-0.3, -0.25) is 4.79 Å². The van der Waals surface area contributed by atoms with Crippen LogP contribution in [0.2, 0.25) is 8.67 Å². The molecule has 18 heavy (non-hydrogen) atoms. The predicted molar refractivity (Wildman–Crippen MR) is 81.3 cm³/mol. The second-order valence-corrected chi connectivity index (χ2v) is 7.46. The zero-order valence-corrected chi connectivity index (χ0v) is 13.6. The molecule has 0 saturated carbocycles. The number of thiophene rings is 1. The molecule has 0 aliphatic rings. The maximum Gasteiger partial charge on any atom is 0.175 e. The van der Waals surface area contributed by atoms with Crippen LogP contribution >= 0.6 is 62.2 Å². The molecule has 2 heterocycles. The van der Waals surface area contributed by atoms with Crippen LogP contribution in [0.1, 0.15) is 10.4 Å². The van der Waals surface area contributed by atoms with Crippen LogP contribution in [0.5, 0.6) is 0 Å². The third-order valence-electron chi connectivity index (χ3n) is 2.01. The van der Waals surface area contributed by atoms with E-state index < -0.39 is 0 Å². The van der Waals surface area contributed by atoms with Crippen LogP contribution in [0, 0.1) is 0 Å². The number of hydrogen-bond donors (Lipinski definition) is 0. The first-order chi connectivity index (χ1) is 8.56. The van der Waals surface area contributed by atoms with Crippen LogP contribution < -0.4 is 0 Å². The van der Waals surface area contributed by atoms with Crippen molar-refractivity contribution in [2.45, 2.75) is 5.03 Å². The zero-order chi connectivity index (χ0) is 13.1. The molecular weight excluding hydrogens is 377 g/mol. The number of thioether (sulfide) groups is 1. The Labute approximate surface area is 131 Å². The molecule has 2 aromatic heterocycles. The van der Waals surface area contributed by atoms with E-state index in [9.17, 15) is 4.79 Å². The summed E-state index contributed by atoms with van der Waals surface area (Å²) in [7, 11) is 0. The Balaban J connectivity index is 2.00. The molecule has 2 rings (SSSR count). The number of halogens is 3. The summed E-state index contributed by atoms with van der Waals surface area (Å²) in [5.41, 5.74) is 0.483. The van der Waals surface area contributed by atoms with Crippen molar-refractivity contribution < 1.29 is 4.79 Å². The Morgan fingerprint density at radius 3 is 2.78 bits per heavy atom. The van der Waals surface area contributed by atoms with Crippen LogP contribution in [0.25, 0.3) is 0 Å². The lowest BCUT2D eigenvalue weighted by Gasteiger charge is -2.00. The Morgan fingerprint density at radius 2 is 2.22 bits per heavy atom. The lowest BCUT2D eigenvalue weighted by molar-refractivity contribution is 0.102. The summed E-state index contributed by atoms with van der Waals surface area (Å²) >= 11 is 17.6. The standard InChI is InChI=1S/C11H6BrCl2NOS2/c12-6-1-2-10(15-4-6)17-5-8(16)7-3-9(13)18-11(7)14/h1-4H,5H2. The molecule has 0 amide bonds. The molecule has 0 unspecified atom stereocenters. The quantitative estimate of drug-likeness (QED) is 0.538.